The minimum Gasteiger partial charge on any atom is -0.497 e. The smallest absolute Gasteiger partial charge is 0.304 e. The van der Waals surface area contributed by atoms with Gasteiger partial charge in [-0.2, -0.15) is 0 Å². The van der Waals surface area contributed by atoms with Crippen molar-refractivity contribution in [1.82, 2.24) is 0 Å². The van der Waals surface area contributed by atoms with Gasteiger partial charge in [0, 0.05) is 5.69 Å². The molecule has 0 saturated heterocycles. The largest absolute Gasteiger partial charge is 0.497 e. The summed E-state index contributed by atoms with van der Waals surface area (Å²) in [5.41, 5.74) is 1.35. The second kappa shape index (κ2) is 3.84. The lowest BCUT2D eigenvalue weighted by atomic mass is 9.97. The van der Waals surface area contributed by atoms with Crippen molar-refractivity contribution in [2.24, 2.45) is 0 Å². The standard InChI is InChI=1S/C11H11NO4/c1-16-6-2-3-9-7(4-6)8(5-10(13)14)11(15)12-9/h2-4,8H,5H2,1H3,(H,12,15)(H,13,14)/t8-/m1/s1. The van der Waals surface area contributed by atoms with E-state index < -0.39 is 11.9 Å². The van der Waals surface area contributed by atoms with Crippen molar-refractivity contribution in [3.8, 4) is 5.75 Å². The Labute approximate surface area is 92.0 Å². The second-order valence-corrected chi connectivity index (χ2v) is 3.59. The highest BCUT2D eigenvalue weighted by Crippen LogP contribution is 2.36. The van der Waals surface area contributed by atoms with Crippen molar-refractivity contribution in [2.45, 2.75) is 12.3 Å². The van der Waals surface area contributed by atoms with Crippen molar-refractivity contribution >= 4 is 17.6 Å². The Bertz CT molecular complexity index is 455. The normalized spacial score (nSPS) is 17.8. The first kappa shape index (κ1) is 10.5. The monoisotopic (exact) mass is 221 g/mol. The summed E-state index contributed by atoms with van der Waals surface area (Å²) in [4.78, 5) is 22.2. The van der Waals surface area contributed by atoms with Crippen LogP contribution in [0.15, 0.2) is 18.2 Å². The van der Waals surface area contributed by atoms with Crippen LogP contribution in [0, 0.1) is 0 Å². The van der Waals surface area contributed by atoms with Crippen LogP contribution in [0.4, 0.5) is 5.69 Å². The van der Waals surface area contributed by atoms with Crippen LogP contribution in [0.5, 0.6) is 5.75 Å². The number of fused-ring (bicyclic) bond motifs is 1. The van der Waals surface area contributed by atoms with E-state index in [9.17, 15) is 9.59 Å². The van der Waals surface area contributed by atoms with Gasteiger partial charge in [0.05, 0.1) is 19.4 Å². The Balaban J connectivity index is 2.37. The van der Waals surface area contributed by atoms with Crippen LogP contribution >= 0.6 is 0 Å². The maximum atomic E-state index is 11.6. The lowest BCUT2D eigenvalue weighted by molar-refractivity contribution is -0.138. The molecule has 0 aliphatic carbocycles. The zero-order chi connectivity index (χ0) is 11.7. The lowest BCUT2D eigenvalue weighted by Crippen LogP contribution is -2.15. The van der Waals surface area contributed by atoms with E-state index in [1.54, 1.807) is 18.2 Å². The summed E-state index contributed by atoms with van der Waals surface area (Å²) in [7, 11) is 1.53. The molecule has 2 N–H and O–H groups in total. The molecule has 0 spiro atoms. The summed E-state index contributed by atoms with van der Waals surface area (Å²) in [6.45, 7) is 0. The zero-order valence-electron chi connectivity index (χ0n) is 8.69. The highest BCUT2D eigenvalue weighted by atomic mass is 16.5. The molecule has 16 heavy (non-hydrogen) atoms. The van der Waals surface area contributed by atoms with Crippen LogP contribution in [-0.4, -0.2) is 24.1 Å². The van der Waals surface area contributed by atoms with Crippen LogP contribution < -0.4 is 10.1 Å². The molecule has 1 amide bonds. The fourth-order valence-electron chi connectivity index (χ4n) is 1.81. The molecule has 0 aromatic heterocycles. The topological polar surface area (TPSA) is 75.6 Å². The molecule has 5 heteroatoms. The van der Waals surface area contributed by atoms with Crippen LogP contribution in [0.25, 0.3) is 0 Å². The van der Waals surface area contributed by atoms with Gasteiger partial charge in [0.2, 0.25) is 5.91 Å². The Hall–Kier alpha value is -2.04. The molecule has 1 aliphatic rings. The molecule has 0 saturated carbocycles. The van der Waals surface area contributed by atoms with E-state index >= 15 is 0 Å². The average Bonchev–Trinajstić information content (AvgIpc) is 2.54. The van der Waals surface area contributed by atoms with E-state index in [2.05, 4.69) is 5.32 Å². The van der Waals surface area contributed by atoms with Crippen molar-refractivity contribution in [1.29, 1.82) is 0 Å². The number of methoxy groups -OCH3 is 1. The Morgan fingerprint density at radius 1 is 1.56 bits per heavy atom. The van der Waals surface area contributed by atoms with E-state index in [-0.39, 0.29) is 12.3 Å². The van der Waals surface area contributed by atoms with Gasteiger partial charge in [-0.25, -0.2) is 0 Å². The third-order valence-corrected chi connectivity index (χ3v) is 2.59. The van der Waals surface area contributed by atoms with Gasteiger partial charge in [0.1, 0.15) is 5.75 Å². The van der Waals surface area contributed by atoms with Crippen LogP contribution in [0.2, 0.25) is 0 Å². The molecule has 5 nitrogen and oxygen atoms in total. The highest BCUT2D eigenvalue weighted by molar-refractivity contribution is 6.04. The number of carboxylic acid groups (broad SMARTS) is 1. The van der Waals surface area contributed by atoms with Gasteiger partial charge in [0.25, 0.3) is 0 Å². The zero-order valence-corrected chi connectivity index (χ0v) is 8.69. The molecular weight excluding hydrogens is 210 g/mol. The first-order valence-electron chi connectivity index (χ1n) is 4.82. The molecular formula is C11H11NO4. The Morgan fingerprint density at radius 2 is 2.31 bits per heavy atom. The molecule has 2 rings (SSSR count). The van der Waals surface area contributed by atoms with Gasteiger partial charge >= 0.3 is 5.97 Å². The molecule has 84 valence electrons. The summed E-state index contributed by atoms with van der Waals surface area (Å²) >= 11 is 0. The molecule has 0 fully saturated rings. The molecule has 1 heterocycles. The predicted molar refractivity (Wildman–Crippen MR) is 56.6 cm³/mol. The minimum absolute atomic E-state index is 0.202. The number of nitrogens with one attached hydrogen (secondary N) is 1. The number of hydrogen-bond donors (Lipinski definition) is 2. The van der Waals surface area contributed by atoms with Gasteiger partial charge in [-0.05, 0) is 23.8 Å². The Morgan fingerprint density at radius 3 is 2.94 bits per heavy atom. The summed E-state index contributed by atoms with van der Waals surface area (Å²) in [6.07, 6.45) is -0.202. The van der Waals surface area contributed by atoms with E-state index in [4.69, 9.17) is 9.84 Å². The minimum atomic E-state index is -0.990. The molecule has 1 aromatic carbocycles. The van der Waals surface area contributed by atoms with E-state index in [1.165, 1.54) is 7.11 Å². The SMILES string of the molecule is COc1ccc2c(c1)[C@@H](CC(=O)O)C(=O)N2. The van der Waals surface area contributed by atoms with Gasteiger partial charge < -0.3 is 15.2 Å². The molecule has 0 unspecified atom stereocenters. The van der Waals surface area contributed by atoms with E-state index in [0.717, 1.165) is 0 Å². The number of rotatable bonds is 3. The van der Waals surface area contributed by atoms with Crippen LogP contribution in [0.1, 0.15) is 17.9 Å². The van der Waals surface area contributed by atoms with Gasteiger partial charge in [0.15, 0.2) is 0 Å². The highest BCUT2D eigenvalue weighted by Gasteiger charge is 2.32. The molecule has 0 radical (unpaired) electrons. The first-order chi connectivity index (χ1) is 7.61. The van der Waals surface area contributed by atoms with Crippen LogP contribution in [0.3, 0.4) is 0 Å². The fraction of sp³-hybridized carbons (Fsp3) is 0.273. The van der Waals surface area contributed by atoms with E-state index in [1.807, 2.05) is 0 Å². The summed E-state index contributed by atoms with van der Waals surface area (Å²) < 4.78 is 5.04. The lowest BCUT2D eigenvalue weighted by Gasteiger charge is -2.06. The van der Waals surface area contributed by atoms with Gasteiger partial charge in [-0.3, -0.25) is 9.59 Å². The number of carbonyl (C=O) groups is 2. The van der Waals surface area contributed by atoms with Crippen molar-refractivity contribution in [2.75, 3.05) is 12.4 Å². The number of ether oxygens (including phenoxy) is 1. The average molecular weight is 221 g/mol. The Kier molecular flexibility index (Phi) is 2.52. The maximum absolute atomic E-state index is 11.6. The number of aliphatic carboxylic acids is 1. The summed E-state index contributed by atoms with van der Waals surface area (Å²) in [5, 5.41) is 11.4. The van der Waals surface area contributed by atoms with Gasteiger partial charge in [-0.1, -0.05) is 0 Å². The number of benzene rings is 1. The summed E-state index contributed by atoms with van der Waals surface area (Å²) in [6, 6.07) is 5.14. The maximum Gasteiger partial charge on any atom is 0.304 e. The summed E-state index contributed by atoms with van der Waals surface area (Å²) in [5.74, 6) is -1.27. The third-order valence-electron chi connectivity index (χ3n) is 2.59. The van der Waals surface area contributed by atoms with Crippen molar-refractivity contribution in [3.05, 3.63) is 23.8 Å². The van der Waals surface area contributed by atoms with Crippen LogP contribution in [-0.2, 0) is 9.59 Å². The number of hydrogen-bond acceptors (Lipinski definition) is 3. The quantitative estimate of drug-likeness (QED) is 0.804. The van der Waals surface area contributed by atoms with Crippen molar-refractivity contribution < 1.29 is 19.4 Å². The number of carboxylic acids is 1. The fourth-order valence-corrected chi connectivity index (χ4v) is 1.81. The first-order valence-corrected chi connectivity index (χ1v) is 4.82. The third kappa shape index (κ3) is 1.71. The predicted octanol–water partition coefficient (Wildman–Crippen LogP) is 1.21. The molecule has 0 bridgehead atoms. The van der Waals surface area contributed by atoms with E-state index in [0.29, 0.717) is 17.0 Å². The molecule has 1 atom stereocenters. The van der Waals surface area contributed by atoms with Crippen molar-refractivity contribution in [3.63, 3.8) is 0 Å². The number of carbonyl (C=O) groups excluding carboxylic acids is 1. The van der Waals surface area contributed by atoms with Gasteiger partial charge in [-0.15, -0.1) is 0 Å². The second-order valence-electron chi connectivity index (χ2n) is 3.59. The molecule has 1 aliphatic heterocycles. The molecule has 1 aromatic rings. The number of amides is 1. The number of anilines is 1.